The Hall–Kier alpha value is -3.99. The van der Waals surface area contributed by atoms with Crippen LogP contribution in [0, 0.1) is 0 Å². The predicted octanol–water partition coefficient (Wildman–Crippen LogP) is 4.21. The molecule has 0 aliphatic carbocycles. The van der Waals surface area contributed by atoms with E-state index in [0.29, 0.717) is 33.3 Å². The molecule has 0 amide bonds. The SMILES string of the molecule is COC(=O)c1ccc(-c2[nH]c3ccccc3c(=O)c2C(=O)c2ccccc2)cc1. The number of fused-ring (bicyclic) bond motifs is 1. The molecule has 29 heavy (non-hydrogen) atoms. The molecular weight excluding hydrogens is 366 g/mol. The highest BCUT2D eigenvalue weighted by molar-refractivity contribution is 6.13. The van der Waals surface area contributed by atoms with Crippen LogP contribution in [0.2, 0.25) is 0 Å². The fraction of sp³-hybridized carbons (Fsp3) is 0.0417. The smallest absolute Gasteiger partial charge is 0.337 e. The summed E-state index contributed by atoms with van der Waals surface area (Å²) in [5, 5.41) is 0.446. The summed E-state index contributed by atoms with van der Waals surface area (Å²) in [6.07, 6.45) is 0. The molecule has 0 saturated carbocycles. The van der Waals surface area contributed by atoms with Crippen molar-refractivity contribution in [3.05, 3.63) is 106 Å². The van der Waals surface area contributed by atoms with Gasteiger partial charge >= 0.3 is 5.97 Å². The maximum Gasteiger partial charge on any atom is 0.337 e. The van der Waals surface area contributed by atoms with E-state index in [9.17, 15) is 14.4 Å². The lowest BCUT2D eigenvalue weighted by molar-refractivity contribution is 0.0600. The van der Waals surface area contributed by atoms with Crippen LogP contribution in [-0.2, 0) is 4.74 Å². The Bertz CT molecular complexity index is 1270. The highest BCUT2D eigenvalue weighted by Gasteiger charge is 2.21. The Kier molecular flexibility index (Phi) is 4.79. The first-order valence-electron chi connectivity index (χ1n) is 9.03. The van der Waals surface area contributed by atoms with E-state index >= 15 is 0 Å². The lowest BCUT2D eigenvalue weighted by atomic mass is 9.95. The van der Waals surface area contributed by atoms with Gasteiger partial charge in [-0.1, -0.05) is 54.6 Å². The van der Waals surface area contributed by atoms with E-state index in [2.05, 4.69) is 4.98 Å². The molecule has 142 valence electrons. The molecule has 0 aliphatic rings. The number of aromatic amines is 1. The number of nitrogens with one attached hydrogen (secondary N) is 1. The summed E-state index contributed by atoms with van der Waals surface area (Å²) < 4.78 is 4.73. The van der Waals surface area contributed by atoms with Crippen molar-refractivity contribution in [3.63, 3.8) is 0 Å². The van der Waals surface area contributed by atoms with Gasteiger partial charge in [0.15, 0.2) is 5.78 Å². The Morgan fingerprint density at radius 3 is 2.14 bits per heavy atom. The predicted molar refractivity (Wildman–Crippen MR) is 111 cm³/mol. The average molecular weight is 383 g/mol. The summed E-state index contributed by atoms with van der Waals surface area (Å²) in [5.41, 5.74) is 2.23. The molecule has 5 nitrogen and oxygen atoms in total. The zero-order valence-electron chi connectivity index (χ0n) is 15.6. The van der Waals surface area contributed by atoms with E-state index in [1.165, 1.54) is 7.11 Å². The third kappa shape index (κ3) is 3.34. The Morgan fingerprint density at radius 2 is 1.45 bits per heavy atom. The van der Waals surface area contributed by atoms with Crippen LogP contribution in [0.5, 0.6) is 0 Å². The minimum atomic E-state index is -0.454. The van der Waals surface area contributed by atoms with Crippen molar-refractivity contribution in [1.82, 2.24) is 4.98 Å². The quantitative estimate of drug-likeness (QED) is 0.423. The van der Waals surface area contributed by atoms with Crippen molar-refractivity contribution < 1.29 is 14.3 Å². The third-order valence-electron chi connectivity index (χ3n) is 4.77. The number of carbonyl (C=O) groups excluding carboxylic acids is 2. The molecule has 3 aromatic carbocycles. The maximum absolute atomic E-state index is 13.2. The largest absolute Gasteiger partial charge is 0.465 e. The number of esters is 1. The van der Waals surface area contributed by atoms with E-state index in [1.54, 1.807) is 66.7 Å². The molecule has 1 heterocycles. The van der Waals surface area contributed by atoms with Gasteiger partial charge in [-0.3, -0.25) is 9.59 Å². The molecule has 4 aromatic rings. The first-order valence-corrected chi connectivity index (χ1v) is 9.03. The van der Waals surface area contributed by atoms with E-state index in [4.69, 9.17) is 4.74 Å². The summed E-state index contributed by atoms with van der Waals surface area (Å²) in [7, 11) is 1.31. The first kappa shape index (κ1) is 18.4. The van der Waals surface area contributed by atoms with Crippen molar-refractivity contribution in [2.45, 2.75) is 0 Å². The molecule has 0 atom stereocenters. The first-order chi connectivity index (χ1) is 14.1. The molecule has 0 saturated heterocycles. The number of hydrogen-bond donors (Lipinski definition) is 1. The van der Waals surface area contributed by atoms with Crippen molar-refractivity contribution in [2.24, 2.45) is 0 Å². The fourth-order valence-electron chi connectivity index (χ4n) is 3.29. The van der Waals surface area contributed by atoms with Crippen LogP contribution in [-0.4, -0.2) is 23.8 Å². The maximum atomic E-state index is 13.2. The Labute approximate surface area is 166 Å². The molecular formula is C24H17NO4. The van der Waals surface area contributed by atoms with Crippen molar-refractivity contribution in [3.8, 4) is 11.3 Å². The monoisotopic (exact) mass is 383 g/mol. The number of aromatic nitrogens is 1. The highest BCUT2D eigenvalue weighted by Crippen LogP contribution is 2.25. The molecule has 0 spiro atoms. The molecule has 0 radical (unpaired) electrons. The second kappa shape index (κ2) is 7.56. The van der Waals surface area contributed by atoms with E-state index in [1.807, 2.05) is 12.1 Å². The van der Waals surface area contributed by atoms with Crippen LogP contribution in [0.15, 0.2) is 83.7 Å². The van der Waals surface area contributed by atoms with Crippen molar-refractivity contribution in [1.29, 1.82) is 0 Å². The van der Waals surface area contributed by atoms with Gasteiger partial charge in [-0.25, -0.2) is 4.79 Å². The normalized spacial score (nSPS) is 10.7. The molecule has 0 bridgehead atoms. The van der Waals surface area contributed by atoms with Gasteiger partial charge in [0, 0.05) is 16.5 Å². The summed E-state index contributed by atoms with van der Waals surface area (Å²) in [6, 6.07) is 22.3. The number of ketones is 1. The molecule has 1 N–H and O–H groups in total. The lowest BCUT2D eigenvalue weighted by Gasteiger charge is -2.12. The topological polar surface area (TPSA) is 76.2 Å². The van der Waals surface area contributed by atoms with Gasteiger partial charge in [-0.2, -0.15) is 0 Å². The van der Waals surface area contributed by atoms with Gasteiger partial charge in [0.1, 0.15) is 0 Å². The second-order valence-electron chi connectivity index (χ2n) is 6.51. The molecule has 0 unspecified atom stereocenters. The van der Waals surface area contributed by atoms with Crippen LogP contribution in [0.1, 0.15) is 26.3 Å². The average Bonchev–Trinajstić information content (AvgIpc) is 2.79. The number of rotatable bonds is 4. The molecule has 1 aromatic heterocycles. The number of ether oxygens (including phenoxy) is 1. The number of carbonyl (C=O) groups is 2. The van der Waals surface area contributed by atoms with E-state index in [-0.39, 0.29) is 16.8 Å². The summed E-state index contributed by atoms with van der Waals surface area (Å²) in [4.78, 5) is 41.4. The number of H-pyrrole nitrogens is 1. The summed E-state index contributed by atoms with van der Waals surface area (Å²) >= 11 is 0. The molecule has 5 heteroatoms. The lowest BCUT2D eigenvalue weighted by Crippen LogP contribution is -2.19. The van der Waals surface area contributed by atoms with Gasteiger partial charge in [-0.05, 0) is 29.8 Å². The number of methoxy groups -OCH3 is 1. The summed E-state index contributed by atoms with van der Waals surface area (Å²) in [6.45, 7) is 0. The number of pyridine rings is 1. The van der Waals surface area contributed by atoms with Gasteiger partial charge in [0.2, 0.25) is 5.43 Å². The number of benzene rings is 3. The van der Waals surface area contributed by atoms with Crippen LogP contribution in [0.4, 0.5) is 0 Å². The van der Waals surface area contributed by atoms with Crippen molar-refractivity contribution >= 4 is 22.7 Å². The highest BCUT2D eigenvalue weighted by atomic mass is 16.5. The standard InChI is InChI=1S/C24H17NO4/c1-29-24(28)17-13-11-15(12-14-17)21-20(22(26)16-7-3-2-4-8-16)23(27)18-9-5-6-10-19(18)25-21/h2-14H,1H3,(H,25,27). The zero-order chi connectivity index (χ0) is 20.4. The zero-order valence-corrected chi connectivity index (χ0v) is 15.6. The van der Waals surface area contributed by atoms with Gasteiger partial charge in [0.05, 0.1) is 23.9 Å². The third-order valence-corrected chi connectivity index (χ3v) is 4.77. The number of para-hydroxylation sites is 1. The fourth-order valence-corrected chi connectivity index (χ4v) is 3.29. The number of hydrogen-bond acceptors (Lipinski definition) is 4. The van der Waals surface area contributed by atoms with Crippen LogP contribution in [0.3, 0.4) is 0 Å². The van der Waals surface area contributed by atoms with Gasteiger partial charge in [0.25, 0.3) is 0 Å². The second-order valence-corrected chi connectivity index (χ2v) is 6.51. The van der Waals surface area contributed by atoms with Crippen LogP contribution >= 0.6 is 0 Å². The van der Waals surface area contributed by atoms with Crippen LogP contribution in [0.25, 0.3) is 22.2 Å². The van der Waals surface area contributed by atoms with Gasteiger partial charge < -0.3 is 9.72 Å². The molecule has 0 aliphatic heterocycles. The van der Waals surface area contributed by atoms with Gasteiger partial charge in [-0.15, -0.1) is 0 Å². The van der Waals surface area contributed by atoms with E-state index in [0.717, 1.165) is 0 Å². The van der Waals surface area contributed by atoms with E-state index < -0.39 is 5.97 Å². The minimum Gasteiger partial charge on any atom is -0.465 e. The molecule has 4 rings (SSSR count). The van der Waals surface area contributed by atoms with Crippen molar-refractivity contribution in [2.75, 3.05) is 7.11 Å². The molecule has 0 fully saturated rings. The Morgan fingerprint density at radius 1 is 0.793 bits per heavy atom. The summed E-state index contributed by atoms with van der Waals surface area (Å²) in [5.74, 6) is -0.811. The Balaban J connectivity index is 1.96. The van der Waals surface area contributed by atoms with Crippen LogP contribution < -0.4 is 5.43 Å². The minimum absolute atomic E-state index is 0.0701.